The Morgan fingerprint density at radius 2 is 1.76 bits per heavy atom. The van der Waals surface area contributed by atoms with Crippen molar-refractivity contribution in [2.75, 3.05) is 14.2 Å². The predicted molar refractivity (Wildman–Crippen MR) is 75.0 cm³/mol. The third kappa shape index (κ3) is 3.62. The molecule has 0 amide bonds. The number of aliphatic imine (C=N–C) groups is 1. The van der Waals surface area contributed by atoms with Crippen LogP contribution in [-0.2, 0) is 9.47 Å². The number of hydrogen-bond donors (Lipinski definition) is 1. The van der Waals surface area contributed by atoms with Crippen molar-refractivity contribution in [3.05, 3.63) is 16.9 Å². The van der Waals surface area contributed by atoms with Crippen LogP contribution in [0.15, 0.2) is 9.41 Å². The summed E-state index contributed by atoms with van der Waals surface area (Å²) in [5.74, 6) is -2.49. The molecule has 0 unspecified atom stereocenters. The molecule has 7 nitrogen and oxygen atoms in total. The lowest BCUT2D eigenvalue weighted by Gasteiger charge is -2.15. The van der Waals surface area contributed by atoms with Crippen molar-refractivity contribution in [3.63, 3.8) is 0 Å². The fourth-order valence-corrected chi connectivity index (χ4v) is 1.45. The van der Waals surface area contributed by atoms with E-state index in [1.54, 1.807) is 0 Å². The highest BCUT2D eigenvalue weighted by Crippen LogP contribution is 2.29. The molecule has 1 heterocycles. The van der Waals surface area contributed by atoms with E-state index in [-0.39, 0.29) is 22.4 Å². The van der Waals surface area contributed by atoms with E-state index in [2.05, 4.69) is 14.5 Å². The van der Waals surface area contributed by atoms with Gasteiger partial charge in [0.2, 0.25) is 0 Å². The number of furan rings is 1. The number of rotatable bonds is 5. The Labute approximate surface area is 122 Å². The predicted octanol–water partition coefficient (Wildman–Crippen LogP) is 2.17. The monoisotopic (exact) mass is 297 g/mol. The minimum absolute atomic E-state index is 0.0544. The van der Waals surface area contributed by atoms with Gasteiger partial charge in [-0.15, -0.1) is 0 Å². The van der Waals surface area contributed by atoms with E-state index in [1.165, 1.54) is 6.21 Å². The standard InChI is InChI=1S/C14H19NO6/c1-6-14(2,3)15-7-8-9(11(16)19-4)10(12(17)20-5)13(18)21-8/h7,18H,6H2,1-5H3. The molecule has 1 rings (SSSR count). The maximum absolute atomic E-state index is 11.8. The summed E-state index contributed by atoms with van der Waals surface area (Å²) in [6.45, 7) is 5.74. The first-order valence-corrected chi connectivity index (χ1v) is 6.35. The van der Waals surface area contributed by atoms with Gasteiger partial charge in [0.15, 0.2) is 11.3 Å². The molecular weight excluding hydrogens is 278 g/mol. The summed E-state index contributed by atoms with van der Waals surface area (Å²) in [6.07, 6.45) is 2.05. The van der Waals surface area contributed by atoms with Gasteiger partial charge < -0.3 is 19.0 Å². The molecule has 0 radical (unpaired) electrons. The van der Waals surface area contributed by atoms with Crippen molar-refractivity contribution < 1.29 is 28.6 Å². The second-order valence-electron chi connectivity index (χ2n) is 4.93. The number of nitrogens with zero attached hydrogens (tertiary/aromatic N) is 1. The summed E-state index contributed by atoms with van der Waals surface area (Å²) in [5.41, 5.74) is -0.959. The third-order valence-corrected chi connectivity index (χ3v) is 3.09. The molecule has 0 aliphatic carbocycles. The van der Waals surface area contributed by atoms with Crippen molar-refractivity contribution >= 4 is 18.2 Å². The number of ether oxygens (including phenoxy) is 2. The smallest absolute Gasteiger partial charge is 0.346 e. The molecule has 0 bridgehead atoms. The van der Waals surface area contributed by atoms with E-state index >= 15 is 0 Å². The highest BCUT2D eigenvalue weighted by atomic mass is 16.5. The fourth-order valence-electron chi connectivity index (χ4n) is 1.45. The highest BCUT2D eigenvalue weighted by Gasteiger charge is 2.31. The summed E-state index contributed by atoms with van der Waals surface area (Å²) in [4.78, 5) is 27.7. The van der Waals surface area contributed by atoms with Gasteiger partial charge in [-0.3, -0.25) is 4.99 Å². The van der Waals surface area contributed by atoms with Crippen LogP contribution in [0.5, 0.6) is 5.95 Å². The van der Waals surface area contributed by atoms with E-state index in [1.807, 2.05) is 20.8 Å². The highest BCUT2D eigenvalue weighted by molar-refractivity contribution is 6.09. The molecule has 1 aromatic heterocycles. The molecule has 0 aliphatic heterocycles. The number of methoxy groups -OCH3 is 2. The van der Waals surface area contributed by atoms with E-state index in [4.69, 9.17) is 4.42 Å². The summed E-state index contributed by atoms with van der Waals surface area (Å²) in [7, 11) is 2.29. The molecule has 21 heavy (non-hydrogen) atoms. The normalized spacial score (nSPS) is 11.7. The van der Waals surface area contributed by atoms with Crippen LogP contribution in [0.1, 0.15) is 53.7 Å². The van der Waals surface area contributed by atoms with Gasteiger partial charge in [-0.05, 0) is 20.3 Å². The second kappa shape index (κ2) is 6.43. The van der Waals surface area contributed by atoms with Crippen LogP contribution in [0.4, 0.5) is 0 Å². The minimum Gasteiger partial charge on any atom is -0.480 e. The molecule has 7 heteroatoms. The first-order valence-electron chi connectivity index (χ1n) is 6.35. The summed E-state index contributed by atoms with van der Waals surface area (Å²) >= 11 is 0. The molecule has 0 aliphatic rings. The Hall–Kier alpha value is -2.31. The van der Waals surface area contributed by atoms with E-state index in [9.17, 15) is 14.7 Å². The molecule has 0 aromatic carbocycles. The first-order chi connectivity index (χ1) is 9.77. The van der Waals surface area contributed by atoms with Gasteiger partial charge in [0.25, 0.3) is 5.95 Å². The fraction of sp³-hybridized carbons (Fsp3) is 0.500. The molecule has 1 N–H and O–H groups in total. The van der Waals surface area contributed by atoms with Crippen LogP contribution in [0, 0.1) is 0 Å². The molecule has 0 saturated carbocycles. The number of aromatic hydroxyl groups is 1. The summed E-state index contributed by atoms with van der Waals surface area (Å²) in [6, 6.07) is 0. The van der Waals surface area contributed by atoms with E-state index in [0.717, 1.165) is 20.6 Å². The van der Waals surface area contributed by atoms with Crippen LogP contribution in [0.25, 0.3) is 0 Å². The van der Waals surface area contributed by atoms with Crippen molar-refractivity contribution in [1.82, 2.24) is 0 Å². The lowest BCUT2D eigenvalue weighted by atomic mass is 10.0. The van der Waals surface area contributed by atoms with Gasteiger partial charge in [0.05, 0.1) is 26.0 Å². The van der Waals surface area contributed by atoms with Crippen molar-refractivity contribution in [2.45, 2.75) is 32.7 Å². The van der Waals surface area contributed by atoms with Crippen molar-refractivity contribution in [3.8, 4) is 5.95 Å². The second-order valence-corrected chi connectivity index (χ2v) is 4.93. The van der Waals surface area contributed by atoms with Crippen molar-refractivity contribution in [2.24, 2.45) is 4.99 Å². The van der Waals surface area contributed by atoms with Gasteiger partial charge in [0, 0.05) is 0 Å². The maximum atomic E-state index is 11.8. The van der Waals surface area contributed by atoms with Gasteiger partial charge in [0.1, 0.15) is 5.56 Å². The lowest BCUT2D eigenvalue weighted by Crippen LogP contribution is -2.15. The molecule has 0 atom stereocenters. The number of carbonyl (C=O) groups excluding carboxylic acids is 2. The lowest BCUT2D eigenvalue weighted by molar-refractivity contribution is 0.0553. The Bertz CT molecular complexity index is 570. The molecule has 0 saturated heterocycles. The zero-order valence-corrected chi connectivity index (χ0v) is 12.7. The topological polar surface area (TPSA) is 98.3 Å². The third-order valence-electron chi connectivity index (χ3n) is 3.09. The molecular formula is C14H19NO6. The number of carbonyl (C=O) groups is 2. The first kappa shape index (κ1) is 16.7. The van der Waals surface area contributed by atoms with Crippen LogP contribution in [0.2, 0.25) is 0 Å². The average molecular weight is 297 g/mol. The molecule has 0 spiro atoms. The SMILES string of the molecule is CCC(C)(C)N=Cc1oc(O)c(C(=O)OC)c1C(=O)OC. The number of esters is 2. The summed E-state index contributed by atoms with van der Waals surface area (Å²) < 4.78 is 14.2. The summed E-state index contributed by atoms with van der Waals surface area (Å²) in [5, 5.41) is 9.71. The Kier molecular flexibility index (Phi) is 5.12. The number of hydrogen-bond acceptors (Lipinski definition) is 7. The van der Waals surface area contributed by atoms with Crippen LogP contribution < -0.4 is 0 Å². The largest absolute Gasteiger partial charge is 0.480 e. The van der Waals surface area contributed by atoms with E-state index < -0.39 is 17.9 Å². The average Bonchev–Trinajstić information content (AvgIpc) is 2.80. The van der Waals surface area contributed by atoms with Crippen LogP contribution >= 0.6 is 0 Å². The van der Waals surface area contributed by atoms with Gasteiger partial charge in [-0.25, -0.2) is 9.59 Å². The molecule has 116 valence electrons. The maximum Gasteiger partial charge on any atom is 0.346 e. The van der Waals surface area contributed by atoms with Gasteiger partial charge in [-0.2, -0.15) is 0 Å². The molecule has 0 fully saturated rings. The molecule has 1 aromatic rings. The van der Waals surface area contributed by atoms with Crippen LogP contribution in [0.3, 0.4) is 0 Å². The Morgan fingerprint density at radius 1 is 1.24 bits per heavy atom. The van der Waals surface area contributed by atoms with Crippen molar-refractivity contribution in [1.29, 1.82) is 0 Å². The Morgan fingerprint density at radius 3 is 2.24 bits per heavy atom. The van der Waals surface area contributed by atoms with E-state index in [0.29, 0.717) is 0 Å². The Balaban J connectivity index is 3.40. The van der Waals surface area contributed by atoms with Gasteiger partial charge >= 0.3 is 11.9 Å². The van der Waals surface area contributed by atoms with Crippen LogP contribution in [-0.4, -0.2) is 43.0 Å². The zero-order chi connectivity index (χ0) is 16.2. The zero-order valence-electron chi connectivity index (χ0n) is 12.7. The quantitative estimate of drug-likeness (QED) is 0.660. The minimum atomic E-state index is -0.897. The van der Waals surface area contributed by atoms with Gasteiger partial charge in [-0.1, -0.05) is 6.92 Å².